The van der Waals surface area contributed by atoms with Gasteiger partial charge >= 0.3 is 0 Å². The van der Waals surface area contributed by atoms with Gasteiger partial charge < -0.3 is 9.84 Å². The molecule has 0 radical (unpaired) electrons. The van der Waals surface area contributed by atoms with Crippen LogP contribution in [-0.2, 0) is 4.74 Å². The number of rotatable bonds is 5. The molecule has 4 heteroatoms. The first-order valence-electron chi connectivity index (χ1n) is 6.35. The molecule has 1 aromatic rings. The van der Waals surface area contributed by atoms with Gasteiger partial charge in [0, 0.05) is 12.2 Å². The predicted molar refractivity (Wildman–Crippen MR) is 64.1 cm³/mol. The number of halogens is 2. The van der Waals surface area contributed by atoms with Gasteiger partial charge in [0.05, 0.1) is 12.2 Å². The van der Waals surface area contributed by atoms with E-state index >= 15 is 0 Å². The molecule has 1 N–H and O–H groups in total. The average molecular weight is 256 g/mol. The molecule has 1 aliphatic carbocycles. The van der Waals surface area contributed by atoms with Gasteiger partial charge in [0.15, 0.2) is 11.6 Å². The second-order valence-corrected chi connectivity index (χ2v) is 4.81. The van der Waals surface area contributed by atoms with E-state index in [0.717, 1.165) is 18.9 Å². The van der Waals surface area contributed by atoms with Gasteiger partial charge in [-0.2, -0.15) is 0 Å². The van der Waals surface area contributed by atoms with Crippen LogP contribution in [0.3, 0.4) is 0 Å². The van der Waals surface area contributed by atoms with Crippen LogP contribution in [0, 0.1) is 17.6 Å². The van der Waals surface area contributed by atoms with Gasteiger partial charge in [0.1, 0.15) is 0 Å². The molecule has 1 aliphatic rings. The Kier molecular flexibility index (Phi) is 4.30. The summed E-state index contributed by atoms with van der Waals surface area (Å²) in [6, 6.07) is 3.91. The first-order chi connectivity index (χ1) is 8.61. The van der Waals surface area contributed by atoms with Crippen molar-refractivity contribution in [2.45, 2.75) is 38.4 Å². The summed E-state index contributed by atoms with van der Waals surface area (Å²) in [5.41, 5.74) is 0.0508. The van der Waals surface area contributed by atoms with Gasteiger partial charge in [0.2, 0.25) is 0 Å². The minimum absolute atomic E-state index is 0.0508. The summed E-state index contributed by atoms with van der Waals surface area (Å²) in [5, 5.41) is 9.93. The van der Waals surface area contributed by atoms with Crippen LogP contribution in [0.2, 0.25) is 0 Å². The molecule has 0 heterocycles. The molecule has 0 amide bonds. The molecule has 1 unspecified atom stereocenters. The molecule has 0 bridgehead atoms. The van der Waals surface area contributed by atoms with Crippen molar-refractivity contribution < 1.29 is 18.6 Å². The minimum atomic E-state index is -0.939. The van der Waals surface area contributed by atoms with E-state index in [9.17, 15) is 13.9 Å². The van der Waals surface area contributed by atoms with Gasteiger partial charge in [0.25, 0.3) is 0 Å². The molecule has 0 spiro atoms. The van der Waals surface area contributed by atoms with Crippen LogP contribution in [0.4, 0.5) is 8.78 Å². The number of ether oxygens (including phenoxy) is 1. The highest BCUT2D eigenvalue weighted by atomic mass is 19.2. The van der Waals surface area contributed by atoms with E-state index in [1.807, 2.05) is 6.92 Å². The van der Waals surface area contributed by atoms with Crippen LogP contribution in [0.15, 0.2) is 18.2 Å². The lowest BCUT2D eigenvalue weighted by Gasteiger charge is -2.36. The fourth-order valence-corrected chi connectivity index (χ4v) is 2.46. The number of hydrogen-bond acceptors (Lipinski definition) is 2. The normalized spacial score (nSPS) is 24.7. The van der Waals surface area contributed by atoms with Gasteiger partial charge in [-0.3, -0.25) is 0 Å². The standard InChI is InChI=1S/C14H18F2O2/c1-2-18-10-6-9(7-10)8-13(17)11-4-3-5-12(15)14(11)16/h3-5,9-10,13,17H,2,6-8H2,1H3. The average Bonchev–Trinajstić information content (AvgIpc) is 2.30. The van der Waals surface area contributed by atoms with Gasteiger partial charge in [-0.05, 0) is 38.2 Å². The molecule has 1 atom stereocenters. The second kappa shape index (κ2) is 5.76. The number of aliphatic hydroxyl groups is 1. The quantitative estimate of drug-likeness (QED) is 0.876. The number of benzene rings is 1. The lowest BCUT2D eigenvalue weighted by molar-refractivity contribution is -0.0383. The lowest BCUT2D eigenvalue weighted by Crippen LogP contribution is -2.32. The molecule has 18 heavy (non-hydrogen) atoms. The third kappa shape index (κ3) is 2.87. The van der Waals surface area contributed by atoms with Gasteiger partial charge in [-0.25, -0.2) is 8.78 Å². The largest absolute Gasteiger partial charge is 0.388 e. The number of hydrogen-bond donors (Lipinski definition) is 1. The van der Waals surface area contributed by atoms with Crippen LogP contribution in [0.25, 0.3) is 0 Å². The summed E-state index contributed by atoms with van der Waals surface area (Å²) in [6.45, 7) is 2.64. The maximum atomic E-state index is 13.5. The highest BCUT2D eigenvalue weighted by Gasteiger charge is 2.32. The Hall–Kier alpha value is -1.00. The van der Waals surface area contributed by atoms with Crippen LogP contribution < -0.4 is 0 Å². The van der Waals surface area contributed by atoms with Crippen molar-refractivity contribution in [1.82, 2.24) is 0 Å². The van der Waals surface area contributed by atoms with Gasteiger partial charge in [-0.15, -0.1) is 0 Å². The van der Waals surface area contributed by atoms with Crippen molar-refractivity contribution in [3.05, 3.63) is 35.4 Å². The van der Waals surface area contributed by atoms with Gasteiger partial charge in [-0.1, -0.05) is 12.1 Å². The highest BCUT2D eigenvalue weighted by Crippen LogP contribution is 2.37. The summed E-state index contributed by atoms with van der Waals surface area (Å²) in [6.07, 6.45) is 1.57. The van der Waals surface area contributed by atoms with Crippen molar-refractivity contribution in [1.29, 1.82) is 0 Å². The molecular formula is C14H18F2O2. The monoisotopic (exact) mass is 256 g/mol. The second-order valence-electron chi connectivity index (χ2n) is 4.81. The summed E-state index contributed by atoms with van der Waals surface area (Å²) < 4.78 is 31.9. The third-order valence-electron chi connectivity index (χ3n) is 3.49. The molecule has 100 valence electrons. The molecule has 2 nitrogen and oxygen atoms in total. The summed E-state index contributed by atoms with van der Waals surface area (Å²) in [7, 11) is 0. The van der Waals surface area contributed by atoms with Crippen LogP contribution in [-0.4, -0.2) is 17.8 Å². The smallest absolute Gasteiger partial charge is 0.164 e. The van der Waals surface area contributed by atoms with Crippen molar-refractivity contribution in [3.63, 3.8) is 0 Å². The van der Waals surface area contributed by atoms with Crippen LogP contribution in [0.1, 0.15) is 37.9 Å². The minimum Gasteiger partial charge on any atom is -0.388 e. The van der Waals surface area contributed by atoms with E-state index < -0.39 is 17.7 Å². The molecular weight excluding hydrogens is 238 g/mol. The summed E-state index contributed by atoms with van der Waals surface area (Å²) in [5.74, 6) is -1.52. The molecule has 1 aromatic carbocycles. The Morgan fingerprint density at radius 1 is 1.39 bits per heavy atom. The fraction of sp³-hybridized carbons (Fsp3) is 0.571. The number of aliphatic hydroxyl groups excluding tert-OH is 1. The van der Waals surface area contributed by atoms with E-state index in [4.69, 9.17) is 4.74 Å². The molecule has 2 rings (SSSR count). The van der Waals surface area contributed by atoms with E-state index in [1.54, 1.807) is 0 Å². The van der Waals surface area contributed by atoms with Crippen LogP contribution >= 0.6 is 0 Å². The zero-order valence-electron chi connectivity index (χ0n) is 10.4. The molecule has 0 aromatic heterocycles. The summed E-state index contributed by atoms with van der Waals surface area (Å²) in [4.78, 5) is 0. The molecule has 1 saturated carbocycles. The SMILES string of the molecule is CCOC1CC(CC(O)c2cccc(F)c2F)C1. The lowest BCUT2D eigenvalue weighted by atomic mass is 9.78. The Morgan fingerprint density at radius 3 is 2.78 bits per heavy atom. The van der Waals surface area contributed by atoms with E-state index in [0.29, 0.717) is 18.9 Å². The molecule has 1 fully saturated rings. The van der Waals surface area contributed by atoms with Crippen molar-refractivity contribution in [3.8, 4) is 0 Å². The molecule has 0 aliphatic heterocycles. The van der Waals surface area contributed by atoms with E-state index in [-0.39, 0.29) is 11.7 Å². The maximum absolute atomic E-state index is 13.5. The van der Waals surface area contributed by atoms with E-state index in [1.165, 1.54) is 12.1 Å². The van der Waals surface area contributed by atoms with Crippen LogP contribution in [0.5, 0.6) is 0 Å². The highest BCUT2D eigenvalue weighted by molar-refractivity contribution is 5.21. The Balaban J connectivity index is 1.89. The summed E-state index contributed by atoms with van der Waals surface area (Å²) >= 11 is 0. The maximum Gasteiger partial charge on any atom is 0.164 e. The Bertz CT molecular complexity index is 403. The predicted octanol–water partition coefficient (Wildman–Crippen LogP) is 3.20. The van der Waals surface area contributed by atoms with Crippen molar-refractivity contribution in [2.75, 3.05) is 6.61 Å². The van der Waals surface area contributed by atoms with Crippen molar-refractivity contribution in [2.24, 2.45) is 5.92 Å². The topological polar surface area (TPSA) is 29.5 Å². The fourth-order valence-electron chi connectivity index (χ4n) is 2.46. The zero-order chi connectivity index (χ0) is 13.1. The van der Waals surface area contributed by atoms with E-state index in [2.05, 4.69) is 0 Å². The first-order valence-corrected chi connectivity index (χ1v) is 6.35. The molecule has 0 saturated heterocycles. The Morgan fingerprint density at radius 2 is 2.11 bits per heavy atom. The first kappa shape index (κ1) is 13.4. The van der Waals surface area contributed by atoms with Crippen molar-refractivity contribution >= 4 is 0 Å². The Labute approximate surface area is 106 Å². The third-order valence-corrected chi connectivity index (χ3v) is 3.49. The zero-order valence-corrected chi connectivity index (χ0v) is 10.4.